The van der Waals surface area contributed by atoms with E-state index >= 15 is 0 Å². The molecular formula is C16H15Br2NO2S. The van der Waals surface area contributed by atoms with Gasteiger partial charge in [0.2, 0.25) is 10.0 Å². The Hall–Kier alpha value is -0.690. The third kappa shape index (κ3) is 3.45. The van der Waals surface area contributed by atoms with Gasteiger partial charge in [-0.05, 0) is 52.5 Å². The molecule has 1 saturated carbocycles. The highest BCUT2D eigenvalue weighted by atomic mass is 79.9. The van der Waals surface area contributed by atoms with Crippen molar-refractivity contribution in [3.05, 3.63) is 63.0 Å². The number of benzene rings is 2. The summed E-state index contributed by atoms with van der Waals surface area (Å²) in [5.74, 6) is 0. The second-order valence-electron chi connectivity index (χ2n) is 5.34. The van der Waals surface area contributed by atoms with Crippen molar-refractivity contribution in [1.82, 2.24) is 4.31 Å². The van der Waals surface area contributed by atoms with Crippen LogP contribution in [0.25, 0.3) is 0 Å². The van der Waals surface area contributed by atoms with E-state index in [1.807, 2.05) is 36.4 Å². The summed E-state index contributed by atoms with van der Waals surface area (Å²) in [6.45, 7) is 0.410. The largest absolute Gasteiger partial charge is 0.244 e. The Morgan fingerprint density at radius 3 is 2.36 bits per heavy atom. The van der Waals surface area contributed by atoms with E-state index in [1.165, 1.54) is 0 Å². The lowest BCUT2D eigenvalue weighted by Gasteiger charge is -2.23. The molecule has 6 heteroatoms. The van der Waals surface area contributed by atoms with Gasteiger partial charge in [0.05, 0.1) is 4.90 Å². The molecule has 0 N–H and O–H groups in total. The maximum absolute atomic E-state index is 13.1. The predicted molar refractivity (Wildman–Crippen MR) is 94.0 cm³/mol. The molecular weight excluding hydrogens is 430 g/mol. The van der Waals surface area contributed by atoms with Crippen LogP contribution in [0.4, 0.5) is 0 Å². The molecule has 3 rings (SSSR count). The highest BCUT2D eigenvalue weighted by molar-refractivity contribution is 9.11. The molecule has 0 amide bonds. The maximum atomic E-state index is 13.1. The zero-order chi connectivity index (χ0) is 15.7. The maximum Gasteiger partial charge on any atom is 0.244 e. The van der Waals surface area contributed by atoms with E-state index in [0.29, 0.717) is 15.9 Å². The number of rotatable bonds is 5. The molecule has 1 aliphatic carbocycles. The van der Waals surface area contributed by atoms with Crippen LogP contribution in [0.2, 0.25) is 0 Å². The Bertz CT molecular complexity index is 774. The Balaban J connectivity index is 1.98. The van der Waals surface area contributed by atoms with E-state index in [9.17, 15) is 8.42 Å². The number of hydrogen-bond donors (Lipinski definition) is 0. The second kappa shape index (κ2) is 6.43. The first-order valence-corrected chi connectivity index (χ1v) is 10.0. The van der Waals surface area contributed by atoms with Crippen LogP contribution in [0.3, 0.4) is 0 Å². The molecule has 0 aromatic heterocycles. The van der Waals surface area contributed by atoms with Gasteiger partial charge in [0.25, 0.3) is 0 Å². The van der Waals surface area contributed by atoms with Crippen LogP contribution in [0.15, 0.2) is 62.4 Å². The standard InChI is InChI=1S/C16H15Br2NO2S/c17-13-6-9-15(18)16(10-13)22(20,21)19(14-7-8-14)11-12-4-2-1-3-5-12/h1-6,9-10,14H,7-8,11H2. The lowest BCUT2D eigenvalue weighted by Crippen LogP contribution is -2.32. The fourth-order valence-electron chi connectivity index (χ4n) is 2.34. The minimum Gasteiger partial charge on any atom is -0.207 e. The molecule has 2 aromatic carbocycles. The molecule has 0 bridgehead atoms. The number of halogens is 2. The Kier molecular flexibility index (Phi) is 4.73. The van der Waals surface area contributed by atoms with Crippen molar-refractivity contribution in [3.8, 4) is 0 Å². The van der Waals surface area contributed by atoms with Crippen molar-refractivity contribution in [2.75, 3.05) is 0 Å². The monoisotopic (exact) mass is 443 g/mol. The molecule has 0 spiro atoms. The summed E-state index contributed by atoms with van der Waals surface area (Å²) in [5, 5.41) is 0. The molecule has 116 valence electrons. The van der Waals surface area contributed by atoms with Gasteiger partial charge in [0.1, 0.15) is 0 Å². The van der Waals surface area contributed by atoms with Crippen LogP contribution >= 0.6 is 31.9 Å². The zero-order valence-corrected chi connectivity index (χ0v) is 15.7. The summed E-state index contributed by atoms with van der Waals surface area (Å²) >= 11 is 6.72. The van der Waals surface area contributed by atoms with E-state index in [4.69, 9.17) is 0 Å². The number of hydrogen-bond acceptors (Lipinski definition) is 2. The normalized spacial score (nSPS) is 15.2. The van der Waals surface area contributed by atoms with Gasteiger partial charge in [-0.25, -0.2) is 8.42 Å². The van der Waals surface area contributed by atoms with Crippen molar-refractivity contribution in [2.45, 2.75) is 30.3 Å². The fraction of sp³-hybridized carbons (Fsp3) is 0.250. The Labute approximate surface area is 147 Å². The molecule has 0 aliphatic heterocycles. The van der Waals surface area contributed by atoms with E-state index in [1.54, 1.807) is 16.4 Å². The first-order chi connectivity index (χ1) is 10.5. The van der Waals surface area contributed by atoms with Gasteiger partial charge < -0.3 is 0 Å². The first kappa shape index (κ1) is 16.2. The molecule has 1 aliphatic rings. The van der Waals surface area contributed by atoms with Crippen LogP contribution in [0.5, 0.6) is 0 Å². The van der Waals surface area contributed by atoms with E-state index in [0.717, 1.165) is 22.9 Å². The SMILES string of the molecule is O=S(=O)(c1cc(Br)ccc1Br)N(Cc1ccccc1)C1CC1. The van der Waals surface area contributed by atoms with Gasteiger partial charge >= 0.3 is 0 Å². The quantitative estimate of drug-likeness (QED) is 0.677. The predicted octanol–water partition coefficient (Wildman–Crippen LogP) is 4.56. The summed E-state index contributed by atoms with van der Waals surface area (Å²) in [6, 6.07) is 15.1. The lowest BCUT2D eigenvalue weighted by atomic mass is 10.2. The van der Waals surface area contributed by atoms with Crippen molar-refractivity contribution in [2.24, 2.45) is 0 Å². The van der Waals surface area contributed by atoms with Gasteiger partial charge in [0.15, 0.2) is 0 Å². The smallest absolute Gasteiger partial charge is 0.207 e. The van der Waals surface area contributed by atoms with Crippen molar-refractivity contribution in [1.29, 1.82) is 0 Å². The third-order valence-electron chi connectivity index (χ3n) is 3.62. The molecule has 1 fully saturated rings. The molecule has 0 saturated heterocycles. The summed E-state index contributed by atoms with van der Waals surface area (Å²) in [7, 11) is -3.53. The molecule has 2 aromatic rings. The summed E-state index contributed by atoms with van der Waals surface area (Å²) in [5.41, 5.74) is 1.00. The molecule has 0 atom stereocenters. The van der Waals surface area contributed by atoms with E-state index in [-0.39, 0.29) is 6.04 Å². The average molecular weight is 445 g/mol. The van der Waals surface area contributed by atoms with Gasteiger partial charge in [-0.1, -0.05) is 46.3 Å². The second-order valence-corrected chi connectivity index (χ2v) is 8.97. The topological polar surface area (TPSA) is 37.4 Å². The van der Waals surface area contributed by atoms with Gasteiger partial charge in [-0.15, -0.1) is 0 Å². The van der Waals surface area contributed by atoms with E-state index < -0.39 is 10.0 Å². The molecule has 0 radical (unpaired) electrons. The third-order valence-corrected chi connectivity index (χ3v) is 7.00. The zero-order valence-electron chi connectivity index (χ0n) is 11.7. The van der Waals surface area contributed by atoms with Crippen LogP contribution in [-0.4, -0.2) is 18.8 Å². The molecule has 22 heavy (non-hydrogen) atoms. The summed E-state index contributed by atoms with van der Waals surface area (Å²) in [6.07, 6.45) is 1.86. The molecule has 0 unspecified atom stereocenters. The summed E-state index contributed by atoms with van der Waals surface area (Å²) in [4.78, 5) is 0.310. The number of sulfonamides is 1. The van der Waals surface area contributed by atoms with Gasteiger partial charge in [-0.2, -0.15) is 4.31 Å². The molecule has 0 heterocycles. The highest BCUT2D eigenvalue weighted by Gasteiger charge is 2.38. The lowest BCUT2D eigenvalue weighted by molar-refractivity contribution is 0.398. The van der Waals surface area contributed by atoms with Crippen molar-refractivity contribution in [3.63, 3.8) is 0 Å². The van der Waals surface area contributed by atoms with Crippen LogP contribution in [0.1, 0.15) is 18.4 Å². The van der Waals surface area contributed by atoms with Gasteiger partial charge in [0, 0.05) is 21.5 Å². The van der Waals surface area contributed by atoms with Crippen LogP contribution in [-0.2, 0) is 16.6 Å². The minimum atomic E-state index is -3.53. The Morgan fingerprint density at radius 1 is 1.05 bits per heavy atom. The Morgan fingerprint density at radius 2 is 1.73 bits per heavy atom. The highest BCUT2D eigenvalue weighted by Crippen LogP contribution is 2.36. The minimum absolute atomic E-state index is 0.107. The summed E-state index contributed by atoms with van der Waals surface area (Å²) < 4.78 is 29.1. The van der Waals surface area contributed by atoms with Crippen molar-refractivity contribution < 1.29 is 8.42 Å². The van der Waals surface area contributed by atoms with Gasteiger partial charge in [-0.3, -0.25) is 0 Å². The first-order valence-electron chi connectivity index (χ1n) is 6.99. The van der Waals surface area contributed by atoms with Crippen LogP contribution < -0.4 is 0 Å². The average Bonchev–Trinajstić information content (AvgIpc) is 3.32. The fourth-order valence-corrected chi connectivity index (χ4v) is 5.48. The number of nitrogens with zero attached hydrogens (tertiary/aromatic N) is 1. The van der Waals surface area contributed by atoms with Crippen molar-refractivity contribution >= 4 is 41.9 Å². The molecule has 3 nitrogen and oxygen atoms in total. The van der Waals surface area contributed by atoms with Crippen LogP contribution in [0, 0.1) is 0 Å². The van der Waals surface area contributed by atoms with E-state index in [2.05, 4.69) is 31.9 Å².